The molecule has 0 unspecified atom stereocenters. The van der Waals surface area contributed by atoms with E-state index >= 15 is 0 Å². The van der Waals surface area contributed by atoms with Crippen molar-refractivity contribution < 1.29 is 0 Å². The molecule has 0 aliphatic carbocycles. The van der Waals surface area contributed by atoms with Gasteiger partial charge in [0.15, 0.2) is 0 Å². The van der Waals surface area contributed by atoms with Crippen molar-refractivity contribution in [3.05, 3.63) is 18.2 Å². The van der Waals surface area contributed by atoms with Crippen LogP contribution in [0, 0.1) is 0 Å². The summed E-state index contributed by atoms with van der Waals surface area (Å²) in [6.07, 6.45) is 3.78. The van der Waals surface area contributed by atoms with Crippen molar-refractivity contribution in [1.29, 1.82) is 0 Å². The van der Waals surface area contributed by atoms with Crippen molar-refractivity contribution in [3.8, 4) is 0 Å². The zero-order chi connectivity index (χ0) is 5.98. The van der Waals surface area contributed by atoms with Crippen LogP contribution in [0.3, 0.4) is 0 Å². The molecule has 0 aliphatic rings. The Morgan fingerprint density at radius 3 is 2.88 bits per heavy atom. The Morgan fingerprint density at radius 1 is 1.88 bits per heavy atom. The number of hydrogen-bond acceptors (Lipinski definition) is 1. The summed E-state index contributed by atoms with van der Waals surface area (Å²) >= 11 is 6.29. The van der Waals surface area contributed by atoms with E-state index < -0.39 is 0 Å². The Bertz CT molecular complexity index is 174. The van der Waals surface area contributed by atoms with Crippen LogP contribution < -0.4 is 0 Å². The number of alkyl halides is 1. The first-order valence-corrected chi connectivity index (χ1v) is 4.71. The molecule has 1 aromatic heterocycles. The van der Waals surface area contributed by atoms with Gasteiger partial charge >= 0.3 is 69.1 Å². The van der Waals surface area contributed by atoms with E-state index in [9.17, 15) is 0 Å². The number of nitrogens with zero attached hydrogens (tertiary/aromatic N) is 2. The van der Waals surface area contributed by atoms with Crippen molar-refractivity contribution >= 4 is 37.7 Å². The quantitative estimate of drug-likeness (QED) is 0.546. The summed E-state index contributed by atoms with van der Waals surface area (Å²) in [5.74, 6) is 0.528. The summed E-state index contributed by atoms with van der Waals surface area (Å²) in [5, 5.41) is 0. The van der Waals surface area contributed by atoms with Gasteiger partial charge < -0.3 is 0 Å². The Hall–Kier alpha value is 0.422. The van der Waals surface area contributed by atoms with Crippen LogP contribution in [0.4, 0.5) is 0 Å². The van der Waals surface area contributed by atoms with Gasteiger partial charge in [0.25, 0.3) is 0 Å². The number of halogens is 1. The van der Waals surface area contributed by atoms with Gasteiger partial charge in [0.1, 0.15) is 0 Å². The van der Waals surface area contributed by atoms with E-state index in [-0.39, 0.29) is 0 Å². The third-order valence-electron chi connectivity index (χ3n) is 0.792. The molecular formula is C4H4ClN2Tl. The fourth-order valence-corrected chi connectivity index (χ4v) is 1.51. The number of rotatable bonds is 1. The summed E-state index contributed by atoms with van der Waals surface area (Å²) in [5.41, 5.74) is 0.967. The Kier molecular flexibility index (Phi) is 2.30. The molecule has 40 valence electrons. The summed E-state index contributed by atoms with van der Waals surface area (Å²) in [6.45, 7) is 0. The maximum atomic E-state index is 5.48. The van der Waals surface area contributed by atoms with Gasteiger partial charge in [-0.2, -0.15) is 0 Å². The van der Waals surface area contributed by atoms with Crippen LogP contribution in [-0.4, -0.2) is 33.4 Å². The van der Waals surface area contributed by atoms with E-state index in [1.54, 1.807) is 0 Å². The zero-order valence-corrected chi connectivity index (χ0v) is 9.46. The van der Waals surface area contributed by atoms with Gasteiger partial charge in [0.05, 0.1) is 0 Å². The third-order valence-corrected chi connectivity index (χ3v) is 2.16. The topological polar surface area (TPSA) is 17.8 Å². The molecular weight excluding hydrogens is 316 g/mol. The average molecular weight is 320 g/mol. The third kappa shape index (κ3) is 1.45. The molecule has 1 rings (SSSR count). The maximum absolute atomic E-state index is 5.48. The van der Waals surface area contributed by atoms with Crippen LogP contribution in [-0.2, 0) is 5.88 Å². The molecule has 0 spiro atoms. The summed E-state index contributed by atoms with van der Waals surface area (Å²) in [7, 11) is 0. The molecule has 1 aromatic rings. The van der Waals surface area contributed by atoms with Gasteiger partial charge in [0, 0.05) is 0 Å². The average Bonchev–Trinajstić information content (AvgIpc) is 2.14. The second-order valence-corrected chi connectivity index (χ2v) is 4.03. The van der Waals surface area contributed by atoms with Crippen molar-refractivity contribution in [2.75, 3.05) is 0 Å². The Morgan fingerprint density at radius 2 is 2.62 bits per heavy atom. The zero-order valence-electron chi connectivity index (χ0n) is 4.21. The van der Waals surface area contributed by atoms with Crippen molar-refractivity contribution in [2.24, 2.45) is 0 Å². The van der Waals surface area contributed by atoms with Crippen LogP contribution in [0.1, 0.15) is 5.69 Å². The molecule has 0 atom stereocenters. The van der Waals surface area contributed by atoms with Crippen LogP contribution in [0.25, 0.3) is 0 Å². The van der Waals surface area contributed by atoms with Gasteiger partial charge in [-0.05, 0) is 0 Å². The molecule has 0 saturated carbocycles. The fourth-order valence-electron chi connectivity index (χ4n) is 0.449. The molecule has 1 heterocycles. The van der Waals surface area contributed by atoms with Crippen LogP contribution in [0.15, 0.2) is 12.5 Å². The predicted octanol–water partition coefficient (Wildman–Crippen LogP) is 0.554. The fraction of sp³-hybridized carbons (Fsp3) is 0.250. The van der Waals surface area contributed by atoms with Crippen LogP contribution in [0.2, 0.25) is 0 Å². The molecule has 0 amide bonds. The second-order valence-electron chi connectivity index (χ2n) is 1.45. The molecule has 4 heteroatoms. The first kappa shape index (κ1) is 6.54. The minimum atomic E-state index is 0.528. The Balaban J connectivity index is 2.84. The van der Waals surface area contributed by atoms with Gasteiger partial charge in [-0.25, -0.2) is 0 Å². The van der Waals surface area contributed by atoms with E-state index in [1.165, 1.54) is 0 Å². The van der Waals surface area contributed by atoms with Gasteiger partial charge in [-0.1, -0.05) is 0 Å². The molecule has 0 aromatic carbocycles. The molecule has 0 radical (unpaired) electrons. The first-order chi connectivity index (χ1) is 3.83. The van der Waals surface area contributed by atoms with Crippen LogP contribution >= 0.6 is 11.6 Å². The minimum absolute atomic E-state index is 0.528. The molecule has 8 heavy (non-hydrogen) atoms. The summed E-state index contributed by atoms with van der Waals surface area (Å²) < 4.78 is 2.04. The molecule has 0 aliphatic heterocycles. The summed E-state index contributed by atoms with van der Waals surface area (Å²) in [6, 6.07) is 0. The molecule has 2 nitrogen and oxygen atoms in total. The van der Waals surface area contributed by atoms with E-state index in [0.717, 1.165) is 31.8 Å². The first-order valence-electron chi connectivity index (χ1n) is 2.17. The normalized spacial score (nSPS) is 9.50. The molecule has 0 bridgehead atoms. The Labute approximate surface area is 69.0 Å². The van der Waals surface area contributed by atoms with E-state index in [1.807, 2.05) is 14.9 Å². The molecule has 0 N–H and O–H groups in total. The van der Waals surface area contributed by atoms with Crippen molar-refractivity contribution in [1.82, 2.24) is 7.36 Å². The molecule has 0 saturated heterocycles. The SMILES string of the molecule is ClCc1c[n]([Tl])cn1. The van der Waals surface area contributed by atoms with Crippen molar-refractivity contribution in [3.63, 3.8) is 0 Å². The van der Waals surface area contributed by atoms with Crippen molar-refractivity contribution in [2.45, 2.75) is 5.88 Å². The number of imidazole rings is 1. The molecule has 0 fully saturated rings. The number of hydrogen-bond donors (Lipinski definition) is 0. The monoisotopic (exact) mass is 320 g/mol. The second kappa shape index (κ2) is 2.82. The predicted molar refractivity (Wildman–Crippen MR) is 32.9 cm³/mol. The standard InChI is InChI=1S/C4H4ClN2.Tl/c5-1-4-2-6-3-7-4;/h2-3H,1H2;/q-1;+1. The van der Waals surface area contributed by atoms with Gasteiger partial charge in [-0.3, -0.25) is 0 Å². The van der Waals surface area contributed by atoms with E-state index in [2.05, 4.69) is 4.98 Å². The number of aromatic nitrogens is 2. The van der Waals surface area contributed by atoms with Gasteiger partial charge in [-0.15, -0.1) is 0 Å². The van der Waals surface area contributed by atoms with E-state index in [0.29, 0.717) is 5.88 Å². The summed E-state index contributed by atoms with van der Waals surface area (Å²) in [4.78, 5) is 4.01. The van der Waals surface area contributed by atoms with E-state index in [4.69, 9.17) is 11.6 Å². The van der Waals surface area contributed by atoms with Crippen LogP contribution in [0.5, 0.6) is 0 Å². The van der Waals surface area contributed by atoms with Gasteiger partial charge in [0.2, 0.25) is 0 Å².